The number of amides is 1. The fraction of sp³-hybridized carbons (Fsp3) is 0.462. The number of nitrogens with one attached hydrogen (secondary N) is 1. The number of ether oxygens (including phenoxy) is 1. The Kier molecular flexibility index (Phi) is 4.58. The lowest BCUT2D eigenvalue weighted by Gasteiger charge is -2.10. The van der Waals surface area contributed by atoms with Crippen molar-refractivity contribution in [3.8, 4) is 5.75 Å². The van der Waals surface area contributed by atoms with E-state index in [4.69, 9.17) is 23.2 Å². The minimum Gasteiger partial charge on any atom is -0.484 e. The molecule has 116 valence electrons. The monoisotopic (exact) mass is 341 g/mol. The van der Waals surface area contributed by atoms with Gasteiger partial charge in [-0.2, -0.15) is 13.2 Å². The number of hydrogen-bond acceptors (Lipinski definition) is 2. The first-order valence-electron chi connectivity index (χ1n) is 6.11. The van der Waals surface area contributed by atoms with Crippen molar-refractivity contribution in [2.75, 3.05) is 6.61 Å². The molecule has 1 fully saturated rings. The predicted molar refractivity (Wildman–Crippen MR) is 72.4 cm³/mol. The molecule has 1 aliphatic carbocycles. The van der Waals surface area contributed by atoms with Gasteiger partial charge < -0.3 is 10.1 Å². The van der Waals surface area contributed by atoms with E-state index in [2.05, 4.69) is 10.1 Å². The lowest BCUT2D eigenvalue weighted by Crippen LogP contribution is -2.26. The smallest absolute Gasteiger partial charge is 0.422 e. The van der Waals surface area contributed by atoms with Crippen molar-refractivity contribution in [1.82, 2.24) is 5.32 Å². The molecule has 1 N–H and O–H groups in total. The molecule has 1 atom stereocenters. The van der Waals surface area contributed by atoms with Gasteiger partial charge >= 0.3 is 6.18 Å². The molecule has 3 nitrogen and oxygen atoms in total. The van der Waals surface area contributed by atoms with Crippen LogP contribution in [0.15, 0.2) is 24.3 Å². The van der Waals surface area contributed by atoms with Crippen LogP contribution in [0.25, 0.3) is 0 Å². The van der Waals surface area contributed by atoms with Crippen LogP contribution in [0.5, 0.6) is 5.75 Å². The average Bonchev–Trinajstić information content (AvgIpc) is 3.03. The maximum absolute atomic E-state index is 12.0. The van der Waals surface area contributed by atoms with E-state index in [0.717, 1.165) is 5.56 Å². The number of carbonyl (C=O) groups is 1. The quantitative estimate of drug-likeness (QED) is 0.833. The molecule has 1 saturated carbocycles. The van der Waals surface area contributed by atoms with E-state index in [9.17, 15) is 18.0 Å². The molecular weight excluding hydrogens is 330 g/mol. The summed E-state index contributed by atoms with van der Waals surface area (Å²) < 4.78 is 39.5. The van der Waals surface area contributed by atoms with E-state index < -0.39 is 23.0 Å². The van der Waals surface area contributed by atoms with Gasteiger partial charge in [0.15, 0.2) is 6.61 Å². The lowest BCUT2D eigenvalue weighted by molar-refractivity contribution is -0.153. The van der Waals surface area contributed by atoms with Crippen LogP contribution in [0.3, 0.4) is 0 Å². The normalized spacial score (nSPS) is 20.0. The Hall–Kier alpha value is -1.14. The molecule has 0 spiro atoms. The van der Waals surface area contributed by atoms with Gasteiger partial charge in [0.1, 0.15) is 10.1 Å². The zero-order valence-corrected chi connectivity index (χ0v) is 12.2. The topological polar surface area (TPSA) is 38.3 Å². The highest BCUT2D eigenvalue weighted by Crippen LogP contribution is 2.53. The Bertz CT molecular complexity index is 517. The molecule has 0 bridgehead atoms. The molecule has 0 saturated heterocycles. The number of carbonyl (C=O) groups excluding carboxylic acids is 1. The van der Waals surface area contributed by atoms with Crippen LogP contribution in [0, 0.1) is 5.92 Å². The number of halogens is 5. The molecule has 2 rings (SSSR count). The molecule has 1 unspecified atom stereocenters. The lowest BCUT2D eigenvalue weighted by atomic mass is 10.2. The molecule has 0 heterocycles. The van der Waals surface area contributed by atoms with Crippen molar-refractivity contribution in [2.45, 2.75) is 23.5 Å². The van der Waals surface area contributed by atoms with E-state index in [1.54, 1.807) is 12.1 Å². The van der Waals surface area contributed by atoms with Gasteiger partial charge in [-0.15, -0.1) is 23.2 Å². The van der Waals surface area contributed by atoms with Crippen LogP contribution < -0.4 is 10.1 Å². The van der Waals surface area contributed by atoms with Gasteiger partial charge in [0, 0.05) is 6.54 Å². The summed E-state index contributed by atoms with van der Waals surface area (Å²) >= 11 is 11.5. The van der Waals surface area contributed by atoms with Gasteiger partial charge in [0.05, 0.1) is 5.92 Å². The predicted octanol–water partition coefficient (Wildman–Crippen LogP) is 3.44. The van der Waals surface area contributed by atoms with Crippen molar-refractivity contribution < 1.29 is 22.7 Å². The molecule has 1 aromatic carbocycles. The number of rotatable bonds is 5. The van der Waals surface area contributed by atoms with Gasteiger partial charge in [-0.1, -0.05) is 12.1 Å². The van der Waals surface area contributed by atoms with Crippen LogP contribution in [-0.2, 0) is 11.3 Å². The Morgan fingerprint density at radius 3 is 2.38 bits per heavy atom. The van der Waals surface area contributed by atoms with Gasteiger partial charge in [-0.05, 0) is 24.1 Å². The highest BCUT2D eigenvalue weighted by Gasteiger charge is 2.56. The summed E-state index contributed by atoms with van der Waals surface area (Å²) in [6.45, 7) is -1.09. The summed E-state index contributed by atoms with van der Waals surface area (Å²) in [4.78, 5) is 11.6. The van der Waals surface area contributed by atoms with Crippen LogP contribution in [-0.4, -0.2) is 23.0 Å². The highest BCUT2D eigenvalue weighted by atomic mass is 35.5. The summed E-state index contributed by atoms with van der Waals surface area (Å²) in [5.41, 5.74) is 0.734. The zero-order chi connectivity index (χ0) is 15.7. The highest BCUT2D eigenvalue weighted by molar-refractivity contribution is 6.52. The fourth-order valence-electron chi connectivity index (χ4n) is 1.68. The third-order valence-electron chi connectivity index (χ3n) is 2.94. The van der Waals surface area contributed by atoms with E-state index in [-0.39, 0.29) is 18.2 Å². The maximum atomic E-state index is 12.0. The van der Waals surface area contributed by atoms with Gasteiger partial charge in [0.2, 0.25) is 5.91 Å². The SMILES string of the molecule is O=C(NCc1ccc(OCC(F)(F)F)cc1)C1CC1(Cl)Cl. The second-order valence-electron chi connectivity index (χ2n) is 4.78. The van der Waals surface area contributed by atoms with Crippen LogP contribution >= 0.6 is 23.2 Å². The molecule has 1 aliphatic rings. The molecule has 1 aromatic rings. The van der Waals surface area contributed by atoms with E-state index >= 15 is 0 Å². The minimum atomic E-state index is -4.37. The zero-order valence-electron chi connectivity index (χ0n) is 10.7. The first kappa shape index (κ1) is 16.2. The third kappa shape index (κ3) is 4.97. The Balaban J connectivity index is 1.79. The summed E-state index contributed by atoms with van der Waals surface area (Å²) in [6, 6.07) is 5.98. The first-order valence-corrected chi connectivity index (χ1v) is 6.87. The fourth-order valence-corrected chi connectivity index (χ4v) is 2.19. The van der Waals surface area contributed by atoms with Crippen molar-refractivity contribution in [3.05, 3.63) is 29.8 Å². The molecule has 0 radical (unpaired) electrons. The number of hydrogen-bond donors (Lipinski definition) is 1. The van der Waals surface area contributed by atoms with E-state index in [1.165, 1.54) is 12.1 Å². The number of benzene rings is 1. The second-order valence-corrected chi connectivity index (χ2v) is 6.33. The van der Waals surface area contributed by atoms with Gasteiger partial charge in [-0.25, -0.2) is 0 Å². The van der Waals surface area contributed by atoms with Crippen molar-refractivity contribution in [1.29, 1.82) is 0 Å². The Morgan fingerprint density at radius 1 is 1.33 bits per heavy atom. The van der Waals surface area contributed by atoms with Crippen LogP contribution in [0.2, 0.25) is 0 Å². The largest absolute Gasteiger partial charge is 0.484 e. The van der Waals surface area contributed by atoms with Crippen molar-refractivity contribution in [2.24, 2.45) is 5.92 Å². The Labute approximate surface area is 129 Å². The minimum absolute atomic E-state index is 0.116. The summed E-state index contributed by atoms with van der Waals surface area (Å²) in [5.74, 6) is -0.530. The molecular formula is C13H12Cl2F3NO2. The third-order valence-corrected chi connectivity index (χ3v) is 3.77. The second kappa shape index (κ2) is 5.93. The van der Waals surface area contributed by atoms with Gasteiger partial charge in [-0.3, -0.25) is 4.79 Å². The van der Waals surface area contributed by atoms with Crippen molar-refractivity contribution >= 4 is 29.1 Å². The summed E-state index contributed by atoms with van der Waals surface area (Å²) in [7, 11) is 0. The molecule has 0 aliphatic heterocycles. The summed E-state index contributed by atoms with van der Waals surface area (Å²) in [5, 5.41) is 2.66. The first-order chi connectivity index (χ1) is 9.67. The maximum Gasteiger partial charge on any atom is 0.422 e. The van der Waals surface area contributed by atoms with Crippen LogP contribution in [0.1, 0.15) is 12.0 Å². The summed E-state index contributed by atoms with van der Waals surface area (Å²) in [6.07, 6.45) is -3.95. The van der Waals surface area contributed by atoms with Crippen LogP contribution in [0.4, 0.5) is 13.2 Å². The molecule has 8 heteroatoms. The van der Waals surface area contributed by atoms with Gasteiger partial charge in [0.25, 0.3) is 0 Å². The molecule has 0 aromatic heterocycles. The number of alkyl halides is 5. The molecule has 1 amide bonds. The standard InChI is InChI=1S/C13H12Cl2F3NO2/c14-12(15)5-10(12)11(20)19-6-8-1-3-9(4-2-8)21-7-13(16,17)18/h1-4,10H,5-7H2,(H,19,20). The molecule has 21 heavy (non-hydrogen) atoms. The Morgan fingerprint density at radius 2 is 1.90 bits per heavy atom. The van der Waals surface area contributed by atoms with E-state index in [0.29, 0.717) is 6.42 Å². The van der Waals surface area contributed by atoms with E-state index in [1.807, 2.05) is 0 Å². The average molecular weight is 342 g/mol. The van der Waals surface area contributed by atoms with Crippen molar-refractivity contribution in [3.63, 3.8) is 0 Å².